The van der Waals surface area contributed by atoms with Crippen molar-refractivity contribution in [1.82, 2.24) is 15.2 Å². The summed E-state index contributed by atoms with van der Waals surface area (Å²) in [7, 11) is 0. The molecule has 0 aromatic carbocycles. The minimum atomic E-state index is -0.0896. The van der Waals surface area contributed by atoms with E-state index in [-0.39, 0.29) is 11.8 Å². The maximum absolute atomic E-state index is 12.4. The predicted octanol–water partition coefficient (Wildman–Crippen LogP) is 2.38. The molecule has 1 aliphatic rings. The molecule has 7 heteroatoms. The van der Waals surface area contributed by atoms with E-state index in [4.69, 9.17) is 11.6 Å². The van der Waals surface area contributed by atoms with Crippen LogP contribution in [0.4, 0.5) is 11.6 Å². The summed E-state index contributed by atoms with van der Waals surface area (Å²) in [5, 5.41) is 11.2. The molecular formula is C15H16ClN5O. The molecule has 0 unspecified atom stereocenters. The second kappa shape index (κ2) is 6.70. The number of hydrogen-bond donors (Lipinski definition) is 1. The van der Waals surface area contributed by atoms with Crippen molar-refractivity contribution in [2.75, 3.05) is 23.3 Å². The molecule has 3 heterocycles. The topological polar surface area (TPSA) is 71.0 Å². The molecule has 0 saturated carbocycles. The van der Waals surface area contributed by atoms with Gasteiger partial charge in [0.05, 0.1) is 5.92 Å². The van der Waals surface area contributed by atoms with E-state index in [9.17, 15) is 4.79 Å². The van der Waals surface area contributed by atoms with Gasteiger partial charge >= 0.3 is 0 Å². The summed E-state index contributed by atoms with van der Waals surface area (Å²) in [6.07, 6.45) is 3.45. The second-order valence-corrected chi connectivity index (χ2v) is 5.59. The van der Waals surface area contributed by atoms with Gasteiger partial charge in [-0.25, -0.2) is 4.98 Å². The van der Waals surface area contributed by atoms with E-state index >= 15 is 0 Å². The molecule has 1 N–H and O–H groups in total. The Morgan fingerprint density at radius 1 is 1.27 bits per heavy atom. The van der Waals surface area contributed by atoms with E-state index < -0.39 is 0 Å². The lowest BCUT2D eigenvalue weighted by molar-refractivity contribution is -0.120. The fraction of sp³-hybridized carbons (Fsp3) is 0.333. The number of nitrogens with zero attached hydrogens (tertiary/aromatic N) is 4. The van der Waals surface area contributed by atoms with Crippen molar-refractivity contribution in [2.24, 2.45) is 5.92 Å². The molecule has 3 rings (SSSR count). The van der Waals surface area contributed by atoms with Crippen molar-refractivity contribution >= 4 is 29.1 Å². The number of nitrogens with one attached hydrogen (secondary N) is 1. The Balaban J connectivity index is 1.65. The Kier molecular flexibility index (Phi) is 4.48. The Bertz CT molecular complexity index is 634. The minimum Gasteiger partial charge on any atom is -0.354 e. The molecule has 0 radical (unpaired) electrons. The molecule has 6 nitrogen and oxygen atoms in total. The Labute approximate surface area is 133 Å². The average molecular weight is 318 g/mol. The summed E-state index contributed by atoms with van der Waals surface area (Å²) in [6.45, 7) is 1.48. The molecule has 0 spiro atoms. The molecule has 1 aliphatic heterocycles. The van der Waals surface area contributed by atoms with E-state index in [0.717, 1.165) is 25.2 Å². The molecule has 1 saturated heterocycles. The number of anilines is 2. The summed E-state index contributed by atoms with van der Waals surface area (Å²) in [5.41, 5.74) is 0. The summed E-state index contributed by atoms with van der Waals surface area (Å²) in [6, 6.07) is 8.98. The van der Waals surface area contributed by atoms with Crippen LogP contribution in [0.25, 0.3) is 0 Å². The quantitative estimate of drug-likeness (QED) is 0.941. The zero-order chi connectivity index (χ0) is 15.4. The van der Waals surface area contributed by atoms with Gasteiger partial charge in [-0.2, -0.15) is 0 Å². The third-order valence-corrected chi connectivity index (χ3v) is 3.85. The van der Waals surface area contributed by atoms with Gasteiger partial charge in [0.25, 0.3) is 0 Å². The highest BCUT2D eigenvalue weighted by atomic mass is 35.5. The number of amides is 1. The number of pyridine rings is 1. The van der Waals surface area contributed by atoms with Gasteiger partial charge in [0.2, 0.25) is 5.91 Å². The molecule has 114 valence electrons. The normalized spacial score (nSPS) is 18.0. The van der Waals surface area contributed by atoms with Crippen LogP contribution in [0.3, 0.4) is 0 Å². The van der Waals surface area contributed by atoms with Crippen LogP contribution < -0.4 is 10.2 Å². The van der Waals surface area contributed by atoms with Gasteiger partial charge in [0.1, 0.15) is 5.82 Å². The zero-order valence-corrected chi connectivity index (χ0v) is 12.7. The fourth-order valence-corrected chi connectivity index (χ4v) is 2.64. The maximum atomic E-state index is 12.4. The monoisotopic (exact) mass is 317 g/mol. The molecule has 0 bridgehead atoms. The first-order valence-corrected chi connectivity index (χ1v) is 7.56. The zero-order valence-electron chi connectivity index (χ0n) is 11.9. The molecule has 2 aromatic heterocycles. The van der Waals surface area contributed by atoms with Gasteiger partial charge in [-0.15, -0.1) is 10.2 Å². The number of piperidine rings is 1. The molecule has 22 heavy (non-hydrogen) atoms. The maximum Gasteiger partial charge on any atom is 0.230 e. The van der Waals surface area contributed by atoms with Crippen molar-refractivity contribution in [2.45, 2.75) is 12.8 Å². The van der Waals surface area contributed by atoms with E-state index in [1.807, 2.05) is 18.2 Å². The second-order valence-electron chi connectivity index (χ2n) is 5.20. The van der Waals surface area contributed by atoms with Crippen LogP contribution in [0, 0.1) is 5.92 Å². The lowest BCUT2D eigenvalue weighted by Crippen LogP contribution is -2.41. The third kappa shape index (κ3) is 3.51. The van der Waals surface area contributed by atoms with Gasteiger partial charge in [-0.05, 0) is 37.1 Å². The molecule has 1 amide bonds. The van der Waals surface area contributed by atoms with Crippen LogP contribution in [0.15, 0.2) is 36.5 Å². The highest BCUT2D eigenvalue weighted by molar-refractivity contribution is 6.29. The molecule has 1 fully saturated rings. The van der Waals surface area contributed by atoms with Crippen molar-refractivity contribution in [3.05, 3.63) is 41.7 Å². The SMILES string of the molecule is O=C(Nc1ccccn1)[C@H]1CCCN(c2ccc(Cl)nn2)C1. The van der Waals surface area contributed by atoms with Crippen molar-refractivity contribution in [3.63, 3.8) is 0 Å². The first-order chi connectivity index (χ1) is 10.7. The molecule has 2 aromatic rings. The van der Waals surface area contributed by atoms with Crippen LogP contribution in [0.2, 0.25) is 5.15 Å². The fourth-order valence-electron chi connectivity index (χ4n) is 2.54. The number of carbonyl (C=O) groups excluding carboxylic acids is 1. The van der Waals surface area contributed by atoms with E-state index in [1.165, 1.54) is 0 Å². The Morgan fingerprint density at radius 3 is 2.91 bits per heavy atom. The molecule has 1 atom stereocenters. The van der Waals surface area contributed by atoms with Gasteiger partial charge < -0.3 is 10.2 Å². The highest BCUT2D eigenvalue weighted by Crippen LogP contribution is 2.22. The van der Waals surface area contributed by atoms with Crippen LogP contribution in [-0.4, -0.2) is 34.2 Å². The lowest BCUT2D eigenvalue weighted by Gasteiger charge is -2.32. The first-order valence-electron chi connectivity index (χ1n) is 7.18. The van der Waals surface area contributed by atoms with E-state index in [1.54, 1.807) is 18.3 Å². The van der Waals surface area contributed by atoms with Crippen LogP contribution in [-0.2, 0) is 4.79 Å². The average Bonchev–Trinajstić information content (AvgIpc) is 2.56. The van der Waals surface area contributed by atoms with Crippen LogP contribution in [0.1, 0.15) is 12.8 Å². The smallest absolute Gasteiger partial charge is 0.230 e. The third-order valence-electron chi connectivity index (χ3n) is 3.65. The van der Waals surface area contributed by atoms with Crippen molar-refractivity contribution in [1.29, 1.82) is 0 Å². The number of rotatable bonds is 3. The van der Waals surface area contributed by atoms with Gasteiger partial charge in [-0.3, -0.25) is 4.79 Å². The number of aromatic nitrogens is 3. The number of halogens is 1. The lowest BCUT2D eigenvalue weighted by atomic mass is 9.97. The van der Waals surface area contributed by atoms with Crippen LogP contribution in [0.5, 0.6) is 0 Å². The number of carbonyl (C=O) groups is 1. The van der Waals surface area contributed by atoms with Gasteiger partial charge in [-0.1, -0.05) is 17.7 Å². The van der Waals surface area contributed by atoms with E-state index in [2.05, 4.69) is 25.4 Å². The summed E-state index contributed by atoms with van der Waals surface area (Å²) in [4.78, 5) is 18.5. The predicted molar refractivity (Wildman–Crippen MR) is 84.8 cm³/mol. The van der Waals surface area contributed by atoms with Gasteiger partial charge in [0.15, 0.2) is 11.0 Å². The molecule has 0 aliphatic carbocycles. The van der Waals surface area contributed by atoms with Crippen molar-refractivity contribution < 1.29 is 4.79 Å². The van der Waals surface area contributed by atoms with Crippen molar-refractivity contribution in [3.8, 4) is 0 Å². The van der Waals surface area contributed by atoms with Crippen LogP contribution >= 0.6 is 11.6 Å². The Hall–Kier alpha value is -2.21. The minimum absolute atomic E-state index is 0.00896. The summed E-state index contributed by atoms with van der Waals surface area (Å²) < 4.78 is 0. The summed E-state index contributed by atoms with van der Waals surface area (Å²) >= 11 is 5.76. The largest absolute Gasteiger partial charge is 0.354 e. The highest BCUT2D eigenvalue weighted by Gasteiger charge is 2.26. The summed E-state index contributed by atoms with van der Waals surface area (Å²) in [5.74, 6) is 1.23. The first kappa shape index (κ1) is 14.7. The Morgan fingerprint density at radius 2 is 2.18 bits per heavy atom. The molecular weight excluding hydrogens is 302 g/mol. The number of hydrogen-bond acceptors (Lipinski definition) is 5. The van der Waals surface area contributed by atoms with Gasteiger partial charge in [0, 0.05) is 19.3 Å². The van der Waals surface area contributed by atoms with E-state index in [0.29, 0.717) is 17.5 Å². The standard InChI is InChI=1S/C15H16ClN5O/c16-12-6-7-14(20-19-12)21-9-3-4-11(10-21)15(22)18-13-5-1-2-8-17-13/h1-2,5-8,11H,3-4,9-10H2,(H,17,18,22)/t11-/m0/s1.